The average molecular weight is 853 g/mol. The molecule has 348 valence electrons. The lowest BCUT2D eigenvalue weighted by molar-refractivity contribution is -0.870. The van der Waals surface area contributed by atoms with Gasteiger partial charge in [-0.25, -0.2) is 0 Å². The fourth-order valence-corrected chi connectivity index (χ4v) is 7.83. The summed E-state index contributed by atoms with van der Waals surface area (Å²) in [7, 11) is 1.25. The van der Waals surface area contributed by atoms with Gasteiger partial charge in [0.2, 0.25) is 5.91 Å². The minimum Gasteiger partial charge on any atom is -0.756 e. The largest absolute Gasteiger partial charge is 0.756 e. The highest BCUT2D eigenvalue weighted by molar-refractivity contribution is 7.45. The Morgan fingerprint density at radius 1 is 0.576 bits per heavy atom. The van der Waals surface area contributed by atoms with E-state index in [0.717, 1.165) is 38.5 Å². The van der Waals surface area contributed by atoms with Gasteiger partial charge in [-0.15, -0.1) is 0 Å². The fraction of sp³-hybridized carbons (Fsp3) is 0.860. The van der Waals surface area contributed by atoms with E-state index in [-0.39, 0.29) is 12.5 Å². The molecule has 0 saturated carbocycles. The van der Waals surface area contributed by atoms with Crippen molar-refractivity contribution in [2.24, 2.45) is 0 Å². The van der Waals surface area contributed by atoms with Crippen LogP contribution in [0.25, 0.3) is 0 Å². The quantitative estimate of drug-likeness (QED) is 0.0273. The Kier molecular flexibility index (Phi) is 41.1. The highest BCUT2D eigenvalue weighted by Crippen LogP contribution is 2.38. The Morgan fingerprint density at radius 3 is 1.37 bits per heavy atom. The molecule has 1 unspecified atom stereocenters. The summed E-state index contributed by atoms with van der Waals surface area (Å²) in [6.45, 7) is 4.63. The van der Waals surface area contributed by atoms with E-state index in [1.54, 1.807) is 6.08 Å². The first-order chi connectivity index (χ1) is 28.5. The summed E-state index contributed by atoms with van der Waals surface area (Å²) in [5.74, 6) is -0.207. The van der Waals surface area contributed by atoms with Gasteiger partial charge < -0.3 is 28.8 Å². The van der Waals surface area contributed by atoms with Crippen LogP contribution >= 0.6 is 7.82 Å². The first-order valence-electron chi connectivity index (χ1n) is 24.9. The van der Waals surface area contributed by atoms with E-state index in [4.69, 9.17) is 9.05 Å². The number of aliphatic hydroxyl groups is 1. The SMILES string of the molecule is CCCCCCCC/C=C/CCCCCCCCCCCCCC(=O)N[C@@H](COP(=O)([O-])OCC[N+](C)(C)C)[C@H](O)/C=C/CC/C=C/CCCCCCCCCCCC. The van der Waals surface area contributed by atoms with Gasteiger partial charge in [0.15, 0.2) is 0 Å². The maximum absolute atomic E-state index is 12.9. The van der Waals surface area contributed by atoms with Crippen LogP contribution in [0.5, 0.6) is 0 Å². The highest BCUT2D eigenvalue weighted by Gasteiger charge is 2.23. The number of hydrogen-bond acceptors (Lipinski definition) is 6. The Labute approximate surface area is 366 Å². The predicted octanol–water partition coefficient (Wildman–Crippen LogP) is 13.6. The number of nitrogens with one attached hydrogen (secondary N) is 1. The molecule has 0 bridgehead atoms. The molecule has 0 heterocycles. The van der Waals surface area contributed by atoms with Crippen molar-refractivity contribution in [3.05, 3.63) is 36.5 Å². The molecule has 0 fully saturated rings. The van der Waals surface area contributed by atoms with Crippen LogP contribution in [0.4, 0.5) is 0 Å². The van der Waals surface area contributed by atoms with Gasteiger partial charge in [-0.05, 0) is 57.8 Å². The number of amides is 1. The molecule has 0 spiro atoms. The Balaban J connectivity index is 4.34. The zero-order valence-corrected chi connectivity index (χ0v) is 40.4. The molecule has 0 aromatic heterocycles. The summed E-state index contributed by atoms with van der Waals surface area (Å²) in [5.41, 5.74) is 0. The molecule has 3 atom stereocenters. The van der Waals surface area contributed by atoms with Crippen molar-refractivity contribution in [2.45, 2.75) is 238 Å². The number of phosphoric acid groups is 1. The number of allylic oxidation sites excluding steroid dienone is 5. The second-order valence-corrected chi connectivity index (χ2v) is 19.6. The van der Waals surface area contributed by atoms with Crippen LogP contribution in [0.3, 0.4) is 0 Å². The van der Waals surface area contributed by atoms with Gasteiger partial charge in [0.1, 0.15) is 13.2 Å². The van der Waals surface area contributed by atoms with Gasteiger partial charge in [-0.3, -0.25) is 9.36 Å². The van der Waals surface area contributed by atoms with E-state index in [9.17, 15) is 19.4 Å². The topological polar surface area (TPSA) is 108 Å². The van der Waals surface area contributed by atoms with E-state index < -0.39 is 26.6 Å². The lowest BCUT2D eigenvalue weighted by atomic mass is 10.0. The maximum Gasteiger partial charge on any atom is 0.268 e. The van der Waals surface area contributed by atoms with E-state index >= 15 is 0 Å². The molecule has 0 aliphatic heterocycles. The molecule has 8 nitrogen and oxygen atoms in total. The van der Waals surface area contributed by atoms with Gasteiger partial charge >= 0.3 is 0 Å². The van der Waals surface area contributed by atoms with Gasteiger partial charge in [0, 0.05) is 6.42 Å². The van der Waals surface area contributed by atoms with Gasteiger partial charge in [0.05, 0.1) is 39.9 Å². The predicted molar refractivity (Wildman–Crippen MR) is 251 cm³/mol. The van der Waals surface area contributed by atoms with Gasteiger partial charge in [0.25, 0.3) is 7.82 Å². The molecule has 0 radical (unpaired) electrons. The van der Waals surface area contributed by atoms with Crippen molar-refractivity contribution in [3.8, 4) is 0 Å². The first-order valence-corrected chi connectivity index (χ1v) is 26.3. The Morgan fingerprint density at radius 2 is 0.949 bits per heavy atom. The van der Waals surface area contributed by atoms with Crippen molar-refractivity contribution in [3.63, 3.8) is 0 Å². The number of rotatable bonds is 45. The molecule has 0 rings (SSSR count). The number of phosphoric ester groups is 1. The molecule has 59 heavy (non-hydrogen) atoms. The van der Waals surface area contributed by atoms with E-state index in [1.165, 1.54) is 167 Å². The second kappa shape index (κ2) is 42.0. The monoisotopic (exact) mass is 853 g/mol. The summed E-state index contributed by atoms with van der Waals surface area (Å²) < 4.78 is 23.2. The summed E-state index contributed by atoms with van der Waals surface area (Å²) in [4.78, 5) is 25.4. The molecule has 0 aliphatic carbocycles. The van der Waals surface area contributed by atoms with Crippen molar-refractivity contribution >= 4 is 13.7 Å². The van der Waals surface area contributed by atoms with E-state index in [1.807, 2.05) is 27.2 Å². The number of likely N-dealkylation sites (N-methyl/N-ethyl adjacent to an activating group) is 1. The number of unbranched alkanes of at least 4 members (excludes halogenated alkanes) is 28. The van der Waals surface area contributed by atoms with Gasteiger partial charge in [-0.2, -0.15) is 0 Å². The number of nitrogens with zero attached hydrogens (tertiary/aromatic N) is 1. The average Bonchev–Trinajstić information content (AvgIpc) is 3.19. The summed E-state index contributed by atoms with van der Waals surface area (Å²) in [6.07, 6.45) is 52.0. The van der Waals surface area contributed by atoms with Crippen molar-refractivity contribution in [2.75, 3.05) is 40.9 Å². The molecule has 0 aromatic carbocycles. The lowest BCUT2D eigenvalue weighted by Crippen LogP contribution is -2.45. The third-order valence-corrected chi connectivity index (χ3v) is 12.0. The minimum absolute atomic E-state index is 0.00600. The zero-order valence-electron chi connectivity index (χ0n) is 39.5. The van der Waals surface area contributed by atoms with Crippen LogP contribution in [0, 0.1) is 0 Å². The molecule has 9 heteroatoms. The first kappa shape index (κ1) is 57.7. The number of quaternary nitrogens is 1. The summed E-state index contributed by atoms with van der Waals surface area (Å²) >= 11 is 0. The highest BCUT2D eigenvalue weighted by atomic mass is 31.2. The fourth-order valence-electron chi connectivity index (χ4n) is 7.10. The third kappa shape index (κ3) is 44.6. The molecule has 2 N–H and O–H groups in total. The summed E-state index contributed by atoms with van der Waals surface area (Å²) in [6, 6.07) is -0.902. The normalized spacial score (nSPS) is 14.5. The molecular weight excluding hydrogens is 756 g/mol. The number of carbonyl (C=O) groups excluding carboxylic acids is 1. The Bertz CT molecular complexity index is 1060. The van der Waals surface area contributed by atoms with Crippen LogP contribution in [0.2, 0.25) is 0 Å². The van der Waals surface area contributed by atoms with Crippen molar-refractivity contribution in [1.29, 1.82) is 0 Å². The van der Waals surface area contributed by atoms with Crippen LogP contribution in [-0.4, -0.2) is 68.5 Å². The van der Waals surface area contributed by atoms with Gasteiger partial charge in [-0.1, -0.05) is 198 Å². The number of aliphatic hydroxyl groups excluding tert-OH is 1. The molecule has 0 saturated heterocycles. The number of carbonyl (C=O) groups is 1. The van der Waals surface area contributed by atoms with E-state index in [0.29, 0.717) is 17.4 Å². The molecule has 1 amide bonds. The van der Waals surface area contributed by atoms with E-state index in [2.05, 4.69) is 43.5 Å². The van der Waals surface area contributed by atoms with Crippen molar-refractivity contribution in [1.82, 2.24) is 5.32 Å². The second-order valence-electron chi connectivity index (χ2n) is 18.2. The Hall–Kier alpha value is -1.28. The van der Waals surface area contributed by atoms with Crippen LogP contribution < -0.4 is 10.2 Å². The minimum atomic E-state index is -4.60. The molecule has 0 aromatic rings. The molecule has 0 aliphatic rings. The standard InChI is InChI=1S/C50H97N2O6P/c1-6-8-10-12-14-16-18-20-22-24-25-26-27-28-30-32-34-36-38-40-42-44-50(54)51-48(47-58-59(55,56)57-46-45-52(3,4)5)49(53)43-41-39-37-35-33-31-29-23-21-19-17-15-13-11-9-7-2/h20,22,33,35,41,43,48-49,53H,6-19,21,23-32,34,36-40,42,44-47H2,1-5H3,(H-,51,54,55,56)/b22-20+,35-33+,43-41+/t48-,49+/m0/s1. The van der Waals surface area contributed by atoms with Crippen LogP contribution in [-0.2, 0) is 18.4 Å². The number of hydrogen-bond donors (Lipinski definition) is 2. The zero-order chi connectivity index (χ0) is 43.6. The molecular formula is C50H97N2O6P. The van der Waals surface area contributed by atoms with Crippen LogP contribution in [0.15, 0.2) is 36.5 Å². The lowest BCUT2D eigenvalue weighted by Gasteiger charge is -2.29. The maximum atomic E-state index is 12.9. The summed E-state index contributed by atoms with van der Waals surface area (Å²) in [5, 5.41) is 13.8. The third-order valence-electron chi connectivity index (χ3n) is 11.1. The van der Waals surface area contributed by atoms with Crippen LogP contribution in [0.1, 0.15) is 226 Å². The van der Waals surface area contributed by atoms with Crippen molar-refractivity contribution < 1.29 is 32.9 Å². The smallest absolute Gasteiger partial charge is 0.268 e.